The average molecular weight is 287 g/mol. The van der Waals surface area contributed by atoms with Gasteiger partial charge < -0.3 is 0 Å². The van der Waals surface area contributed by atoms with Crippen molar-refractivity contribution in [3.63, 3.8) is 0 Å². The molecule has 2 unspecified atom stereocenters. The zero-order valence-electron chi connectivity index (χ0n) is 11.8. The monoisotopic (exact) mass is 287 g/mol. The lowest BCUT2D eigenvalue weighted by atomic mass is 9.99. The summed E-state index contributed by atoms with van der Waals surface area (Å²) in [5, 5.41) is 15.1. The van der Waals surface area contributed by atoms with Crippen LogP contribution in [0.3, 0.4) is 0 Å². The summed E-state index contributed by atoms with van der Waals surface area (Å²) >= 11 is 0. The summed E-state index contributed by atoms with van der Waals surface area (Å²) < 4.78 is 0. The van der Waals surface area contributed by atoms with E-state index < -0.39 is 10.8 Å². The molecule has 1 N–H and O–H groups in total. The third-order valence-corrected chi connectivity index (χ3v) is 4.48. The first-order valence-electron chi connectivity index (χ1n) is 7.16. The van der Waals surface area contributed by atoms with Crippen molar-refractivity contribution in [2.75, 3.05) is 0 Å². The van der Waals surface area contributed by atoms with Gasteiger partial charge in [0.25, 0.3) is 11.6 Å². The first-order chi connectivity index (χ1) is 10.0. The molecule has 2 atom stereocenters. The summed E-state index contributed by atoms with van der Waals surface area (Å²) in [4.78, 5) is 22.5. The van der Waals surface area contributed by atoms with Crippen LogP contribution in [-0.2, 0) is 0 Å². The van der Waals surface area contributed by atoms with Crippen molar-refractivity contribution in [2.45, 2.75) is 32.6 Å². The van der Waals surface area contributed by atoms with Crippen LogP contribution in [0.25, 0.3) is 0 Å². The van der Waals surface area contributed by atoms with Crippen LogP contribution in [0.4, 0.5) is 5.69 Å². The van der Waals surface area contributed by atoms with E-state index in [0.29, 0.717) is 11.5 Å². The Bertz CT molecular complexity index is 639. The lowest BCUT2D eigenvalue weighted by Gasteiger charge is -2.11. The minimum Gasteiger partial charge on any atom is -0.267 e. The van der Waals surface area contributed by atoms with Crippen LogP contribution in [0.2, 0.25) is 0 Å². The second kappa shape index (κ2) is 5.27. The first-order valence-corrected chi connectivity index (χ1v) is 7.16. The number of rotatable bonds is 3. The van der Waals surface area contributed by atoms with E-state index in [2.05, 4.69) is 10.5 Å². The lowest BCUT2D eigenvalue weighted by Crippen LogP contribution is -2.22. The highest BCUT2D eigenvalue weighted by atomic mass is 16.6. The molecule has 0 aliphatic heterocycles. The van der Waals surface area contributed by atoms with E-state index >= 15 is 0 Å². The Morgan fingerprint density at radius 2 is 2.24 bits per heavy atom. The van der Waals surface area contributed by atoms with Crippen LogP contribution in [-0.4, -0.2) is 16.5 Å². The van der Waals surface area contributed by atoms with Crippen LogP contribution < -0.4 is 5.43 Å². The van der Waals surface area contributed by atoms with E-state index in [-0.39, 0.29) is 11.3 Å². The van der Waals surface area contributed by atoms with Crippen molar-refractivity contribution in [1.82, 2.24) is 5.43 Å². The molecular weight excluding hydrogens is 270 g/mol. The summed E-state index contributed by atoms with van der Waals surface area (Å²) in [5.41, 5.74) is 4.36. The zero-order valence-corrected chi connectivity index (χ0v) is 11.8. The third-order valence-electron chi connectivity index (χ3n) is 4.48. The standard InChI is InChI=1S/C15H17N3O3/c1-9-2-4-12(8-14(9)18(20)21)15(19)17-16-13-7-10-3-5-11(13)6-10/h2,4,8,10-11H,3,5-7H2,1H3,(H,17,19). The van der Waals surface area contributed by atoms with Gasteiger partial charge >= 0.3 is 0 Å². The number of hydrazone groups is 1. The molecule has 2 aliphatic rings. The number of amides is 1. The highest BCUT2D eigenvalue weighted by molar-refractivity contribution is 5.97. The number of carbonyl (C=O) groups is 1. The van der Waals surface area contributed by atoms with Gasteiger partial charge in [-0.3, -0.25) is 14.9 Å². The molecule has 0 aromatic heterocycles. The average Bonchev–Trinajstić information content (AvgIpc) is 3.07. The molecule has 21 heavy (non-hydrogen) atoms. The Morgan fingerprint density at radius 1 is 1.43 bits per heavy atom. The quantitative estimate of drug-likeness (QED) is 0.685. The Balaban J connectivity index is 1.72. The summed E-state index contributed by atoms with van der Waals surface area (Å²) in [5.74, 6) is 0.849. The summed E-state index contributed by atoms with van der Waals surface area (Å²) in [6.45, 7) is 1.65. The molecule has 2 saturated carbocycles. The Labute approximate surface area is 122 Å². The molecule has 2 bridgehead atoms. The summed E-state index contributed by atoms with van der Waals surface area (Å²) in [7, 11) is 0. The Morgan fingerprint density at radius 3 is 2.86 bits per heavy atom. The Kier molecular flexibility index (Phi) is 3.45. The molecule has 2 aliphatic carbocycles. The van der Waals surface area contributed by atoms with Gasteiger partial charge in [-0.25, -0.2) is 5.43 Å². The molecular formula is C15H17N3O3. The maximum Gasteiger partial charge on any atom is 0.273 e. The van der Waals surface area contributed by atoms with Gasteiger partial charge in [0.1, 0.15) is 0 Å². The minimum absolute atomic E-state index is 0.0461. The van der Waals surface area contributed by atoms with Crippen molar-refractivity contribution < 1.29 is 9.72 Å². The molecule has 0 saturated heterocycles. The van der Waals surface area contributed by atoms with Crippen LogP contribution >= 0.6 is 0 Å². The molecule has 1 aromatic rings. The maximum atomic E-state index is 12.1. The van der Waals surface area contributed by atoms with Gasteiger partial charge in [-0.1, -0.05) is 6.07 Å². The number of hydrogen-bond donors (Lipinski definition) is 1. The third kappa shape index (κ3) is 2.66. The highest BCUT2D eigenvalue weighted by Crippen LogP contribution is 2.42. The van der Waals surface area contributed by atoms with Crippen molar-refractivity contribution >= 4 is 17.3 Å². The van der Waals surface area contributed by atoms with E-state index in [1.54, 1.807) is 19.1 Å². The number of fused-ring (bicyclic) bond motifs is 2. The highest BCUT2D eigenvalue weighted by Gasteiger charge is 2.36. The van der Waals surface area contributed by atoms with E-state index in [0.717, 1.165) is 24.5 Å². The van der Waals surface area contributed by atoms with Gasteiger partial charge in [-0.2, -0.15) is 5.10 Å². The van der Waals surface area contributed by atoms with Gasteiger partial charge in [0.05, 0.1) is 4.92 Å². The van der Waals surface area contributed by atoms with Gasteiger partial charge in [0, 0.05) is 22.9 Å². The van der Waals surface area contributed by atoms with Crippen LogP contribution in [0.1, 0.15) is 41.6 Å². The van der Waals surface area contributed by atoms with Crippen LogP contribution in [0.5, 0.6) is 0 Å². The summed E-state index contributed by atoms with van der Waals surface area (Å²) in [6, 6.07) is 4.46. The van der Waals surface area contributed by atoms with Crippen LogP contribution in [0.15, 0.2) is 23.3 Å². The second-order valence-corrected chi connectivity index (χ2v) is 5.88. The molecule has 0 heterocycles. The number of nitro groups is 1. The van der Waals surface area contributed by atoms with Crippen molar-refractivity contribution in [3.05, 3.63) is 39.4 Å². The number of aryl methyl sites for hydroxylation is 1. The van der Waals surface area contributed by atoms with Gasteiger partial charge in [-0.05, 0) is 50.5 Å². The molecule has 3 rings (SSSR count). The molecule has 2 fully saturated rings. The van der Waals surface area contributed by atoms with Crippen molar-refractivity contribution in [3.8, 4) is 0 Å². The molecule has 0 spiro atoms. The van der Waals surface area contributed by atoms with Crippen molar-refractivity contribution in [2.24, 2.45) is 16.9 Å². The van der Waals surface area contributed by atoms with Gasteiger partial charge in [-0.15, -0.1) is 0 Å². The predicted molar refractivity (Wildman–Crippen MR) is 78.2 cm³/mol. The molecule has 6 nitrogen and oxygen atoms in total. The van der Waals surface area contributed by atoms with E-state index in [1.807, 2.05) is 0 Å². The minimum atomic E-state index is -0.478. The number of nitrogens with zero attached hydrogens (tertiary/aromatic N) is 2. The number of nitrogens with one attached hydrogen (secondary N) is 1. The van der Waals surface area contributed by atoms with E-state index in [4.69, 9.17) is 0 Å². The predicted octanol–water partition coefficient (Wildman–Crippen LogP) is 2.81. The molecule has 0 radical (unpaired) electrons. The van der Waals surface area contributed by atoms with E-state index in [1.165, 1.54) is 18.9 Å². The Hall–Kier alpha value is -2.24. The first kappa shape index (κ1) is 13.7. The van der Waals surface area contributed by atoms with E-state index in [9.17, 15) is 14.9 Å². The SMILES string of the molecule is Cc1ccc(C(=O)NN=C2CC3CCC2C3)cc1[N+](=O)[O-]. The fraction of sp³-hybridized carbons (Fsp3) is 0.467. The number of benzene rings is 1. The summed E-state index contributed by atoms with van der Waals surface area (Å²) in [6.07, 6.45) is 4.58. The largest absolute Gasteiger partial charge is 0.273 e. The fourth-order valence-corrected chi connectivity index (χ4v) is 3.30. The number of carbonyl (C=O) groups excluding carboxylic acids is 1. The van der Waals surface area contributed by atoms with Crippen molar-refractivity contribution in [1.29, 1.82) is 0 Å². The van der Waals surface area contributed by atoms with Crippen LogP contribution in [0, 0.1) is 28.9 Å². The second-order valence-electron chi connectivity index (χ2n) is 5.88. The zero-order chi connectivity index (χ0) is 15.0. The number of nitro benzene ring substituents is 1. The number of hydrogen-bond acceptors (Lipinski definition) is 4. The topological polar surface area (TPSA) is 84.6 Å². The molecule has 6 heteroatoms. The molecule has 110 valence electrons. The van der Waals surface area contributed by atoms with Gasteiger partial charge in [0.15, 0.2) is 0 Å². The fourth-order valence-electron chi connectivity index (χ4n) is 3.30. The molecule has 1 amide bonds. The maximum absolute atomic E-state index is 12.1. The normalized spacial score (nSPS) is 25.3. The van der Waals surface area contributed by atoms with Gasteiger partial charge in [0.2, 0.25) is 0 Å². The molecule has 1 aromatic carbocycles. The lowest BCUT2D eigenvalue weighted by molar-refractivity contribution is -0.385. The smallest absolute Gasteiger partial charge is 0.267 e.